The topological polar surface area (TPSA) is 42.0 Å². The van der Waals surface area contributed by atoms with Crippen molar-refractivity contribution in [3.05, 3.63) is 58.6 Å². The number of carbonyl (C=O) groups is 1. The molecular formula is C13H10BrFN2O. The molecular weight excluding hydrogens is 299 g/mol. The number of hydrogen-bond donors (Lipinski definition) is 1. The molecule has 0 atom stereocenters. The summed E-state index contributed by atoms with van der Waals surface area (Å²) in [6.07, 6.45) is 3.48. The summed E-state index contributed by atoms with van der Waals surface area (Å²) in [5.41, 5.74) is 1.25. The van der Waals surface area contributed by atoms with Gasteiger partial charge in [-0.1, -0.05) is 6.07 Å². The van der Waals surface area contributed by atoms with Crippen molar-refractivity contribution in [1.29, 1.82) is 0 Å². The molecule has 18 heavy (non-hydrogen) atoms. The van der Waals surface area contributed by atoms with E-state index in [0.717, 1.165) is 5.56 Å². The third-order valence-electron chi connectivity index (χ3n) is 2.29. The first kappa shape index (κ1) is 12.7. The van der Waals surface area contributed by atoms with Crippen LogP contribution < -0.4 is 5.32 Å². The van der Waals surface area contributed by atoms with Gasteiger partial charge in [-0.15, -0.1) is 0 Å². The maximum absolute atomic E-state index is 13.2. The molecule has 1 aromatic carbocycles. The molecule has 1 amide bonds. The van der Waals surface area contributed by atoms with E-state index in [4.69, 9.17) is 0 Å². The Hall–Kier alpha value is -1.75. The second-order valence-electron chi connectivity index (χ2n) is 3.72. The van der Waals surface area contributed by atoms with Crippen molar-refractivity contribution in [2.75, 3.05) is 5.32 Å². The number of nitrogens with zero attached hydrogens (tertiary/aromatic N) is 1. The van der Waals surface area contributed by atoms with Gasteiger partial charge in [0.05, 0.1) is 10.9 Å². The first-order valence-electron chi connectivity index (χ1n) is 5.29. The normalized spacial score (nSPS) is 10.1. The highest BCUT2D eigenvalue weighted by Gasteiger charge is 2.06. The van der Waals surface area contributed by atoms with Crippen LogP contribution in [0.1, 0.15) is 5.56 Å². The predicted molar refractivity (Wildman–Crippen MR) is 70.7 cm³/mol. The summed E-state index contributed by atoms with van der Waals surface area (Å²) < 4.78 is 13.6. The van der Waals surface area contributed by atoms with E-state index in [1.165, 1.54) is 6.07 Å². The minimum absolute atomic E-state index is 0.204. The predicted octanol–water partition coefficient (Wildman–Crippen LogP) is 3.16. The average molecular weight is 309 g/mol. The molecule has 3 nitrogen and oxygen atoms in total. The molecule has 0 unspecified atom stereocenters. The zero-order valence-corrected chi connectivity index (χ0v) is 10.9. The maximum atomic E-state index is 13.2. The van der Waals surface area contributed by atoms with Crippen molar-refractivity contribution in [3.63, 3.8) is 0 Å². The van der Waals surface area contributed by atoms with Crippen molar-refractivity contribution in [3.8, 4) is 0 Å². The maximum Gasteiger partial charge on any atom is 0.228 e. The van der Waals surface area contributed by atoms with Crippen LogP contribution in [-0.4, -0.2) is 10.9 Å². The molecule has 92 valence electrons. The molecule has 2 rings (SSSR count). The molecule has 0 saturated carbocycles. The van der Waals surface area contributed by atoms with Gasteiger partial charge in [-0.2, -0.15) is 0 Å². The van der Waals surface area contributed by atoms with Crippen molar-refractivity contribution >= 4 is 27.5 Å². The van der Waals surface area contributed by atoms with Crippen LogP contribution in [0.15, 0.2) is 47.2 Å². The molecule has 0 fully saturated rings. The second-order valence-corrected chi connectivity index (χ2v) is 4.57. The van der Waals surface area contributed by atoms with E-state index in [1.807, 2.05) is 6.07 Å². The number of amides is 1. The highest BCUT2D eigenvalue weighted by molar-refractivity contribution is 9.10. The number of rotatable bonds is 3. The Labute approximate surface area is 112 Å². The number of halogens is 2. The summed E-state index contributed by atoms with van der Waals surface area (Å²) >= 11 is 3.05. The van der Waals surface area contributed by atoms with Crippen LogP contribution in [0.5, 0.6) is 0 Å². The van der Waals surface area contributed by atoms with Crippen LogP contribution in [0.4, 0.5) is 10.1 Å². The quantitative estimate of drug-likeness (QED) is 0.946. The van der Waals surface area contributed by atoms with Gasteiger partial charge in [0.1, 0.15) is 5.82 Å². The van der Waals surface area contributed by atoms with Crippen LogP contribution in [-0.2, 0) is 11.2 Å². The van der Waals surface area contributed by atoms with E-state index in [1.54, 1.807) is 30.6 Å². The average Bonchev–Trinajstić information content (AvgIpc) is 2.35. The Morgan fingerprint density at radius 1 is 1.39 bits per heavy atom. The minimum atomic E-state index is -0.408. The number of aromatic nitrogens is 1. The standard InChI is InChI=1S/C13H10BrFN2O/c14-11-4-3-10(7-12(11)15)17-13(18)6-9-2-1-5-16-8-9/h1-5,7-8H,6H2,(H,17,18). The van der Waals surface area contributed by atoms with Gasteiger partial charge in [-0.25, -0.2) is 4.39 Å². The Balaban J connectivity index is 2.01. The van der Waals surface area contributed by atoms with Gasteiger partial charge in [0.25, 0.3) is 0 Å². The molecule has 0 aliphatic heterocycles. The lowest BCUT2D eigenvalue weighted by atomic mass is 10.2. The Bertz CT molecular complexity index is 560. The zero-order valence-electron chi connectivity index (χ0n) is 9.36. The van der Waals surface area contributed by atoms with Gasteiger partial charge in [0.15, 0.2) is 0 Å². The molecule has 1 heterocycles. The van der Waals surface area contributed by atoms with E-state index >= 15 is 0 Å². The first-order chi connectivity index (χ1) is 8.65. The van der Waals surface area contributed by atoms with Crippen LogP contribution >= 0.6 is 15.9 Å². The lowest BCUT2D eigenvalue weighted by Crippen LogP contribution is -2.14. The molecule has 0 aliphatic carbocycles. The molecule has 1 aromatic heterocycles. The largest absolute Gasteiger partial charge is 0.326 e. The highest BCUT2D eigenvalue weighted by Crippen LogP contribution is 2.19. The van der Waals surface area contributed by atoms with Crippen molar-refractivity contribution < 1.29 is 9.18 Å². The lowest BCUT2D eigenvalue weighted by Gasteiger charge is -2.05. The molecule has 0 saturated heterocycles. The fourth-order valence-corrected chi connectivity index (χ4v) is 1.71. The summed E-state index contributed by atoms with van der Waals surface area (Å²) in [6.45, 7) is 0. The molecule has 0 spiro atoms. The summed E-state index contributed by atoms with van der Waals surface area (Å²) in [7, 11) is 0. The summed E-state index contributed by atoms with van der Waals surface area (Å²) in [4.78, 5) is 15.6. The fraction of sp³-hybridized carbons (Fsp3) is 0.0769. The van der Waals surface area contributed by atoms with Gasteiger partial charge in [-0.3, -0.25) is 9.78 Å². The number of carbonyl (C=O) groups excluding carboxylic acids is 1. The lowest BCUT2D eigenvalue weighted by molar-refractivity contribution is -0.115. The number of anilines is 1. The Morgan fingerprint density at radius 2 is 2.22 bits per heavy atom. The van der Waals surface area contributed by atoms with E-state index in [2.05, 4.69) is 26.2 Å². The molecule has 0 radical (unpaired) electrons. The minimum Gasteiger partial charge on any atom is -0.326 e. The third-order valence-corrected chi connectivity index (χ3v) is 2.93. The summed E-state index contributed by atoms with van der Waals surface area (Å²) in [5.74, 6) is -0.612. The summed E-state index contributed by atoms with van der Waals surface area (Å²) in [6, 6.07) is 8.03. The van der Waals surface area contributed by atoms with Gasteiger partial charge >= 0.3 is 0 Å². The molecule has 1 N–H and O–H groups in total. The molecule has 2 aromatic rings. The van der Waals surface area contributed by atoms with E-state index in [0.29, 0.717) is 10.2 Å². The zero-order chi connectivity index (χ0) is 13.0. The van der Waals surface area contributed by atoms with E-state index in [9.17, 15) is 9.18 Å². The van der Waals surface area contributed by atoms with Crippen molar-refractivity contribution in [2.45, 2.75) is 6.42 Å². The van der Waals surface area contributed by atoms with Crippen molar-refractivity contribution in [2.24, 2.45) is 0 Å². The SMILES string of the molecule is O=C(Cc1cccnc1)Nc1ccc(Br)c(F)c1. The fourth-order valence-electron chi connectivity index (χ4n) is 1.47. The van der Waals surface area contributed by atoms with E-state index in [-0.39, 0.29) is 12.3 Å². The molecule has 0 bridgehead atoms. The highest BCUT2D eigenvalue weighted by atomic mass is 79.9. The summed E-state index contributed by atoms with van der Waals surface area (Å²) in [5, 5.41) is 2.63. The number of hydrogen-bond acceptors (Lipinski definition) is 2. The second kappa shape index (κ2) is 5.73. The monoisotopic (exact) mass is 308 g/mol. The number of nitrogens with one attached hydrogen (secondary N) is 1. The van der Waals surface area contributed by atoms with Crippen LogP contribution in [0.3, 0.4) is 0 Å². The Morgan fingerprint density at radius 3 is 2.89 bits per heavy atom. The van der Waals surface area contributed by atoms with Crippen LogP contribution in [0.25, 0.3) is 0 Å². The van der Waals surface area contributed by atoms with Crippen LogP contribution in [0, 0.1) is 5.82 Å². The number of benzene rings is 1. The third kappa shape index (κ3) is 3.37. The van der Waals surface area contributed by atoms with Gasteiger partial charge in [-0.05, 0) is 45.8 Å². The molecule has 0 aliphatic rings. The van der Waals surface area contributed by atoms with Gasteiger partial charge in [0, 0.05) is 18.1 Å². The number of pyridine rings is 1. The Kier molecular flexibility index (Phi) is 4.04. The smallest absolute Gasteiger partial charge is 0.228 e. The van der Waals surface area contributed by atoms with Crippen molar-refractivity contribution in [1.82, 2.24) is 4.98 Å². The first-order valence-corrected chi connectivity index (χ1v) is 6.08. The van der Waals surface area contributed by atoms with Gasteiger partial charge < -0.3 is 5.32 Å². The van der Waals surface area contributed by atoms with E-state index < -0.39 is 5.82 Å². The van der Waals surface area contributed by atoms with Crippen LogP contribution in [0.2, 0.25) is 0 Å². The van der Waals surface area contributed by atoms with Gasteiger partial charge in [0.2, 0.25) is 5.91 Å². The molecule has 5 heteroatoms.